The fourth-order valence-corrected chi connectivity index (χ4v) is 9.56. The van der Waals surface area contributed by atoms with Crippen molar-refractivity contribution in [2.45, 2.75) is 17.2 Å². The Morgan fingerprint density at radius 3 is 1.52 bits per heavy atom. The lowest BCUT2D eigenvalue weighted by molar-refractivity contribution is -0.139. The third-order valence-corrected chi connectivity index (χ3v) is 12.2. The summed E-state index contributed by atoms with van der Waals surface area (Å²) in [4.78, 5) is 59.9. The first-order valence-electron chi connectivity index (χ1n) is 17.7. The molecule has 18 heteroatoms. The summed E-state index contributed by atoms with van der Waals surface area (Å²) >= 11 is 4.40. The number of benzene rings is 4. The molecule has 0 saturated heterocycles. The van der Waals surface area contributed by atoms with Crippen molar-refractivity contribution in [3.05, 3.63) is 152 Å². The third-order valence-electron chi connectivity index (χ3n) is 8.58. The van der Waals surface area contributed by atoms with Crippen molar-refractivity contribution in [2.24, 2.45) is 5.73 Å². The van der Waals surface area contributed by atoms with Crippen LogP contribution in [0.2, 0.25) is 0 Å². The standard InChI is InChI=1S/C22H16F2N2O3S2.C20H13F2N3O2S2/c1-2-29-18(27)12-31-22-25-20-19(16(11-30-20)15-8-3-4-9-17(15)24)21(28)26(22)14-7-5-6-13(23)10-14;21-11-4-3-5-12(8-11)25-19(27)17-14(13-6-1-2-7-15(13)22)9-28-18(17)24-20(25)29-10-16(23)26/h3-11H,2,12H2,1H3;1-9H,10H2,(H2,23,26). The molecule has 0 saturated carbocycles. The molecular weight excluding hydrogens is 859 g/mol. The van der Waals surface area contributed by atoms with Crippen LogP contribution in [0.1, 0.15) is 6.92 Å². The van der Waals surface area contributed by atoms with Gasteiger partial charge >= 0.3 is 5.97 Å². The highest BCUT2D eigenvalue weighted by molar-refractivity contribution is 8.00. The number of carbonyl (C=O) groups is 2. The molecule has 0 bridgehead atoms. The molecule has 4 aromatic heterocycles. The highest BCUT2D eigenvalue weighted by Crippen LogP contribution is 2.36. The maximum Gasteiger partial charge on any atom is 0.316 e. The van der Waals surface area contributed by atoms with Gasteiger partial charge in [-0.1, -0.05) is 72.1 Å². The van der Waals surface area contributed by atoms with Gasteiger partial charge in [0.05, 0.1) is 40.3 Å². The van der Waals surface area contributed by atoms with E-state index in [1.54, 1.807) is 66.2 Å². The number of primary amides is 1. The van der Waals surface area contributed by atoms with Crippen molar-refractivity contribution in [3.63, 3.8) is 0 Å². The molecule has 4 heterocycles. The number of thioether (sulfide) groups is 2. The Bertz CT molecular complexity index is 3040. The monoisotopic (exact) mass is 887 g/mol. The van der Waals surface area contributed by atoms with Crippen LogP contribution in [0.15, 0.2) is 128 Å². The van der Waals surface area contributed by atoms with Crippen LogP contribution >= 0.6 is 46.2 Å². The van der Waals surface area contributed by atoms with E-state index in [1.165, 1.54) is 80.3 Å². The number of aromatic nitrogens is 4. The molecule has 8 rings (SSSR count). The summed E-state index contributed by atoms with van der Waals surface area (Å²) in [6.07, 6.45) is 0. The molecule has 0 radical (unpaired) electrons. The van der Waals surface area contributed by atoms with Gasteiger partial charge in [-0.05, 0) is 55.5 Å². The quantitative estimate of drug-likeness (QED) is 0.0584. The first-order chi connectivity index (χ1) is 28.9. The number of esters is 1. The van der Waals surface area contributed by atoms with Gasteiger partial charge in [-0.2, -0.15) is 0 Å². The highest BCUT2D eigenvalue weighted by atomic mass is 32.2. The van der Waals surface area contributed by atoms with E-state index in [0.29, 0.717) is 20.8 Å². The molecule has 4 aromatic carbocycles. The largest absolute Gasteiger partial charge is 0.465 e. The molecule has 1 amide bonds. The van der Waals surface area contributed by atoms with Gasteiger partial charge in [0.2, 0.25) is 5.91 Å². The fraction of sp³-hybridized carbons (Fsp3) is 0.0952. The van der Waals surface area contributed by atoms with E-state index in [9.17, 15) is 36.7 Å². The van der Waals surface area contributed by atoms with Crippen LogP contribution in [0.5, 0.6) is 0 Å². The summed E-state index contributed by atoms with van der Waals surface area (Å²) in [6, 6.07) is 23.3. The number of nitrogens with zero attached hydrogens (tertiary/aromatic N) is 4. The molecule has 8 aromatic rings. The normalized spacial score (nSPS) is 11.1. The van der Waals surface area contributed by atoms with Gasteiger partial charge in [-0.15, -0.1) is 22.7 Å². The van der Waals surface area contributed by atoms with E-state index in [2.05, 4.69) is 9.97 Å². The second-order valence-electron chi connectivity index (χ2n) is 12.5. The second-order valence-corrected chi connectivity index (χ2v) is 16.1. The van der Waals surface area contributed by atoms with Crippen molar-refractivity contribution in [2.75, 3.05) is 18.1 Å². The zero-order chi connectivity index (χ0) is 42.5. The van der Waals surface area contributed by atoms with E-state index in [1.807, 2.05) is 0 Å². The van der Waals surface area contributed by atoms with Crippen molar-refractivity contribution in [1.29, 1.82) is 0 Å². The zero-order valence-corrected chi connectivity index (χ0v) is 34.3. The molecule has 304 valence electrons. The second kappa shape index (κ2) is 18.5. The van der Waals surface area contributed by atoms with E-state index >= 15 is 0 Å². The SMILES string of the molecule is CCOC(=O)CSc1nc2scc(-c3ccccc3F)c2c(=O)n1-c1cccc(F)c1.NC(=O)CSc1nc2scc(-c3ccccc3F)c2c(=O)n1-c1cccc(F)c1. The van der Waals surface area contributed by atoms with Gasteiger partial charge in [0.15, 0.2) is 10.3 Å². The Balaban J connectivity index is 0.000000182. The predicted molar refractivity (Wildman–Crippen MR) is 228 cm³/mol. The van der Waals surface area contributed by atoms with Gasteiger partial charge in [0, 0.05) is 33.0 Å². The summed E-state index contributed by atoms with van der Waals surface area (Å²) in [6.45, 7) is 1.94. The lowest BCUT2D eigenvalue weighted by atomic mass is 10.1. The van der Waals surface area contributed by atoms with Crippen molar-refractivity contribution < 1.29 is 31.9 Å². The molecule has 0 aliphatic carbocycles. The maximum atomic E-state index is 14.4. The summed E-state index contributed by atoms with van der Waals surface area (Å²) in [5, 5.41) is 4.22. The zero-order valence-electron chi connectivity index (χ0n) is 31.1. The number of fused-ring (bicyclic) bond motifs is 2. The summed E-state index contributed by atoms with van der Waals surface area (Å²) in [7, 11) is 0. The summed E-state index contributed by atoms with van der Waals surface area (Å²) < 4.78 is 63.9. The average Bonchev–Trinajstić information content (AvgIpc) is 3.85. The average molecular weight is 888 g/mol. The lowest BCUT2D eigenvalue weighted by Gasteiger charge is -2.12. The van der Waals surface area contributed by atoms with E-state index in [-0.39, 0.29) is 61.7 Å². The fourth-order valence-electron chi connectivity index (χ4n) is 6.04. The van der Waals surface area contributed by atoms with Crippen molar-refractivity contribution in [3.8, 4) is 33.6 Å². The molecule has 2 N–H and O–H groups in total. The molecule has 0 unspecified atom stereocenters. The molecule has 0 aliphatic rings. The Labute approximate surface area is 354 Å². The number of halogens is 4. The number of nitrogens with two attached hydrogens (primary N) is 1. The highest BCUT2D eigenvalue weighted by Gasteiger charge is 2.22. The molecule has 0 spiro atoms. The van der Waals surface area contributed by atoms with Gasteiger partial charge in [0.25, 0.3) is 11.1 Å². The Hall–Kier alpha value is -6.08. The van der Waals surface area contributed by atoms with Crippen LogP contribution in [-0.4, -0.2) is 49.1 Å². The molecule has 0 atom stereocenters. The Morgan fingerprint density at radius 2 is 1.10 bits per heavy atom. The molecule has 0 aliphatic heterocycles. The first-order valence-corrected chi connectivity index (χ1v) is 21.5. The number of amides is 1. The molecular formula is C42H29F4N5O5S4. The number of rotatable bonds is 11. The van der Waals surface area contributed by atoms with Crippen LogP contribution in [-0.2, 0) is 14.3 Å². The van der Waals surface area contributed by atoms with Crippen LogP contribution < -0.4 is 16.9 Å². The molecule has 10 nitrogen and oxygen atoms in total. The van der Waals surface area contributed by atoms with Crippen LogP contribution in [0.25, 0.3) is 54.1 Å². The van der Waals surface area contributed by atoms with E-state index in [4.69, 9.17) is 10.5 Å². The van der Waals surface area contributed by atoms with Gasteiger partial charge in [0.1, 0.15) is 32.9 Å². The lowest BCUT2D eigenvalue weighted by Crippen LogP contribution is -2.23. The Morgan fingerprint density at radius 1 is 0.650 bits per heavy atom. The van der Waals surface area contributed by atoms with E-state index < -0.39 is 46.3 Å². The molecule has 0 fully saturated rings. The number of hydrogen-bond donors (Lipinski definition) is 1. The number of thiophene rings is 2. The minimum atomic E-state index is -0.576. The number of hydrogen-bond acceptors (Lipinski definition) is 11. The summed E-state index contributed by atoms with van der Waals surface area (Å²) in [5.41, 5.74) is 6.18. The van der Waals surface area contributed by atoms with Crippen LogP contribution in [0, 0.1) is 23.3 Å². The van der Waals surface area contributed by atoms with E-state index in [0.717, 1.165) is 23.5 Å². The number of ether oxygens (including phenoxy) is 1. The van der Waals surface area contributed by atoms with Crippen LogP contribution in [0.4, 0.5) is 17.6 Å². The van der Waals surface area contributed by atoms with Gasteiger partial charge < -0.3 is 10.5 Å². The topological polar surface area (TPSA) is 139 Å². The third kappa shape index (κ3) is 8.91. The van der Waals surface area contributed by atoms with Crippen molar-refractivity contribution >= 4 is 78.5 Å². The van der Waals surface area contributed by atoms with Gasteiger partial charge in [-0.25, -0.2) is 27.5 Å². The minimum Gasteiger partial charge on any atom is -0.465 e. The Kier molecular flexibility index (Phi) is 12.9. The smallest absolute Gasteiger partial charge is 0.316 e. The van der Waals surface area contributed by atoms with Gasteiger partial charge in [-0.3, -0.25) is 28.3 Å². The molecule has 60 heavy (non-hydrogen) atoms. The first kappa shape index (κ1) is 42.1. The maximum absolute atomic E-state index is 14.4. The summed E-state index contributed by atoms with van der Waals surface area (Å²) in [5.74, 6) is -3.16. The van der Waals surface area contributed by atoms with Crippen LogP contribution in [0.3, 0.4) is 0 Å². The predicted octanol–water partition coefficient (Wildman–Crippen LogP) is 9.02. The minimum absolute atomic E-state index is 0.0628. The van der Waals surface area contributed by atoms with Crippen molar-refractivity contribution in [1.82, 2.24) is 19.1 Å². The number of carbonyl (C=O) groups excluding carboxylic acids is 2.